The van der Waals surface area contributed by atoms with Crippen LogP contribution in [0.2, 0.25) is 0 Å². The monoisotopic (exact) mass is 226 g/mol. The van der Waals surface area contributed by atoms with Crippen molar-refractivity contribution in [3.63, 3.8) is 0 Å². The number of carbonyl (C=O) groups is 1. The van der Waals surface area contributed by atoms with Crippen LogP contribution < -0.4 is 5.73 Å². The van der Waals surface area contributed by atoms with Gasteiger partial charge in [-0.25, -0.2) is 0 Å². The number of carbonyl (C=O) groups excluding carboxylic acids is 1. The van der Waals surface area contributed by atoms with Gasteiger partial charge in [0.05, 0.1) is 6.61 Å². The number of hydrogen-bond acceptors (Lipinski definition) is 3. The molecule has 1 heterocycles. The van der Waals surface area contributed by atoms with Gasteiger partial charge in [0.2, 0.25) is 5.91 Å². The number of hydrogen-bond donors (Lipinski definition) is 1. The predicted molar refractivity (Wildman–Crippen MR) is 64.0 cm³/mol. The number of nitrogens with zero attached hydrogens (tertiary/aromatic N) is 1. The van der Waals surface area contributed by atoms with Gasteiger partial charge in [0.15, 0.2) is 0 Å². The molecule has 92 valence electrons. The molecule has 1 rings (SSSR count). The summed E-state index contributed by atoms with van der Waals surface area (Å²) < 4.78 is 5.07. The van der Waals surface area contributed by atoms with Gasteiger partial charge in [0, 0.05) is 26.1 Å². The molecule has 0 aliphatic carbocycles. The zero-order chi connectivity index (χ0) is 12.0. The lowest BCUT2D eigenvalue weighted by Gasteiger charge is -2.28. The van der Waals surface area contributed by atoms with Crippen molar-refractivity contribution in [2.24, 2.45) is 11.7 Å². The van der Waals surface area contributed by atoms with Crippen molar-refractivity contribution >= 4 is 5.91 Å². The highest BCUT2D eigenvalue weighted by atomic mass is 16.5. The molecule has 0 aromatic heterocycles. The molecule has 0 saturated carbocycles. The summed E-state index contributed by atoms with van der Waals surface area (Å²) in [5, 5.41) is 0. The number of methoxy groups -OCH3 is 1. The molecule has 0 aromatic rings. The second-order valence-electron chi connectivity index (χ2n) is 4.31. The van der Waals surface area contributed by atoms with E-state index in [0.717, 1.165) is 19.4 Å². The van der Waals surface area contributed by atoms with E-state index in [0.29, 0.717) is 19.7 Å². The highest BCUT2D eigenvalue weighted by Gasteiger charge is 2.21. The first kappa shape index (κ1) is 13.2. The first-order valence-electron chi connectivity index (χ1n) is 5.84. The SMILES string of the molecule is COCC1=CCN(C(=O)C(C)CCN)CC1. The number of amides is 1. The van der Waals surface area contributed by atoms with Gasteiger partial charge >= 0.3 is 0 Å². The topological polar surface area (TPSA) is 55.6 Å². The fraction of sp³-hybridized carbons (Fsp3) is 0.750. The zero-order valence-corrected chi connectivity index (χ0v) is 10.2. The summed E-state index contributed by atoms with van der Waals surface area (Å²) in [5.41, 5.74) is 6.75. The van der Waals surface area contributed by atoms with E-state index in [1.807, 2.05) is 11.8 Å². The Morgan fingerprint density at radius 2 is 2.44 bits per heavy atom. The molecule has 0 fully saturated rings. The molecule has 1 atom stereocenters. The maximum atomic E-state index is 12.0. The summed E-state index contributed by atoms with van der Waals surface area (Å²) in [7, 11) is 1.70. The Balaban J connectivity index is 2.43. The maximum absolute atomic E-state index is 12.0. The van der Waals surface area contributed by atoms with Crippen molar-refractivity contribution in [1.29, 1.82) is 0 Å². The van der Waals surface area contributed by atoms with E-state index < -0.39 is 0 Å². The highest BCUT2D eigenvalue weighted by Crippen LogP contribution is 2.14. The van der Waals surface area contributed by atoms with Crippen molar-refractivity contribution < 1.29 is 9.53 Å². The normalized spacial score (nSPS) is 18.2. The van der Waals surface area contributed by atoms with Gasteiger partial charge in [0.1, 0.15) is 0 Å². The Kier molecular flexibility index (Phi) is 5.49. The minimum atomic E-state index is 0.0439. The molecule has 1 unspecified atom stereocenters. The summed E-state index contributed by atoms with van der Waals surface area (Å²) in [4.78, 5) is 13.9. The molecular formula is C12H22N2O2. The van der Waals surface area contributed by atoms with Crippen molar-refractivity contribution in [2.75, 3.05) is 33.4 Å². The van der Waals surface area contributed by atoms with Crippen LogP contribution in [0, 0.1) is 5.92 Å². The standard InChI is InChI=1S/C12H22N2O2/c1-10(3-6-13)12(15)14-7-4-11(5-8-14)9-16-2/h4,10H,3,5-9,13H2,1-2H3. The summed E-state index contributed by atoms with van der Waals surface area (Å²) in [6.45, 7) is 4.73. The van der Waals surface area contributed by atoms with Gasteiger partial charge in [-0.2, -0.15) is 0 Å². The molecule has 1 aliphatic heterocycles. The second-order valence-corrected chi connectivity index (χ2v) is 4.31. The fourth-order valence-electron chi connectivity index (χ4n) is 1.91. The first-order valence-corrected chi connectivity index (χ1v) is 5.84. The average molecular weight is 226 g/mol. The summed E-state index contributed by atoms with van der Waals surface area (Å²) in [6.07, 6.45) is 3.79. The van der Waals surface area contributed by atoms with E-state index >= 15 is 0 Å². The lowest BCUT2D eigenvalue weighted by atomic mass is 10.0. The minimum Gasteiger partial charge on any atom is -0.380 e. The van der Waals surface area contributed by atoms with E-state index in [4.69, 9.17) is 10.5 Å². The van der Waals surface area contributed by atoms with Crippen LogP contribution in [0.25, 0.3) is 0 Å². The van der Waals surface area contributed by atoms with Crippen molar-refractivity contribution in [3.8, 4) is 0 Å². The van der Waals surface area contributed by atoms with E-state index in [2.05, 4.69) is 6.08 Å². The Morgan fingerprint density at radius 1 is 1.69 bits per heavy atom. The van der Waals surface area contributed by atoms with E-state index in [1.54, 1.807) is 7.11 Å². The van der Waals surface area contributed by atoms with Gasteiger partial charge < -0.3 is 15.4 Å². The molecule has 0 spiro atoms. The van der Waals surface area contributed by atoms with Crippen molar-refractivity contribution in [3.05, 3.63) is 11.6 Å². The van der Waals surface area contributed by atoms with Crippen LogP contribution in [-0.4, -0.2) is 44.2 Å². The van der Waals surface area contributed by atoms with Gasteiger partial charge in [-0.3, -0.25) is 4.79 Å². The van der Waals surface area contributed by atoms with Gasteiger partial charge in [0.25, 0.3) is 0 Å². The van der Waals surface area contributed by atoms with Gasteiger partial charge in [-0.15, -0.1) is 0 Å². The smallest absolute Gasteiger partial charge is 0.225 e. The van der Waals surface area contributed by atoms with Crippen molar-refractivity contribution in [2.45, 2.75) is 19.8 Å². The lowest BCUT2D eigenvalue weighted by Crippen LogP contribution is -2.39. The van der Waals surface area contributed by atoms with Gasteiger partial charge in [-0.1, -0.05) is 13.0 Å². The fourth-order valence-corrected chi connectivity index (χ4v) is 1.91. The third-order valence-electron chi connectivity index (χ3n) is 2.97. The van der Waals surface area contributed by atoms with E-state index in [1.165, 1.54) is 5.57 Å². The Morgan fingerprint density at radius 3 is 2.94 bits per heavy atom. The highest BCUT2D eigenvalue weighted by molar-refractivity contribution is 5.78. The molecule has 0 radical (unpaired) electrons. The minimum absolute atomic E-state index is 0.0439. The Bertz CT molecular complexity index is 264. The third-order valence-corrected chi connectivity index (χ3v) is 2.97. The van der Waals surface area contributed by atoms with E-state index in [-0.39, 0.29) is 11.8 Å². The Hall–Kier alpha value is -0.870. The van der Waals surface area contributed by atoms with Crippen LogP contribution in [0.1, 0.15) is 19.8 Å². The van der Waals surface area contributed by atoms with Crippen molar-refractivity contribution in [1.82, 2.24) is 4.90 Å². The van der Waals surface area contributed by atoms with Crippen LogP contribution in [0.4, 0.5) is 0 Å². The molecule has 0 bridgehead atoms. The second kappa shape index (κ2) is 6.66. The largest absolute Gasteiger partial charge is 0.380 e. The lowest BCUT2D eigenvalue weighted by molar-refractivity contribution is -0.134. The molecule has 0 aromatic carbocycles. The first-order chi connectivity index (χ1) is 7.69. The zero-order valence-electron chi connectivity index (χ0n) is 10.2. The number of ether oxygens (including phenoxy) is 1. The van der Waals surface area contributed by atoms with E-state index in [9.17, 15) is 4.79 Å². The molecule has 0 saturated heterocycles. The predicted octanol–water partition coefficient (Wildman–Crippen LogP) is 0.776. The van der Waals surface area contributed by atoms with Gasteiger partial charge in [-0.05, 0) is 25.0 Å². The average Bonchev–Trinajstić information content (AvgIpc) is 2.30. The molecule has 2 N–H and O–H groups in total. The molecular weight excluding hydrogens is 204 g/mol. The molecule has 4 heteroatoms. The van der Waals surface area contributed by atoms with Crippen LogP contribution in [0.3, 0.4) is 0 Å². The third kappa shape index (κ3) is 3.61. The van der Waals surface area contributed by atoms with Crippen LogP contribution in [0.5, 0.6) is 0 Å². The molecule has 1 aliphatic rings. The van der Waals surface area contributed by atoms with Crippen LogP contribution in [-0.2, 0) is 9.53 Å². The summed E-state index contributed by atoms with van der Waals surface area (Å²) in [5.74, 6) is 0.264. The van der Waals surface area contributed by atoms with Crippen LogP contribution in [0.15, 0.2) is 11.6 Å². The number of rotatable bonds is 5. The number of nitrogens with two attached hydrogens (primary N) is 1. The molecule has 1 amide bonds. The molecule has 4 nitrogen and oxygen atoms in total. The van der Waals surface area contributed by atoms with Crippen LogP contribution >= 0.6 is 0 Å². The summed E-state index contributed by atoms with van der Waals surface area (Å²) in [6, 6.07) is 0. The quantitative estimate of drug-likeness (QED) is 0.705. The maximum Gasteiger partial charge on any atom is 0.225 e. The molecule has 16 heavy (non-hydrogen) atoms. The Labute approximate surface area is 97.4 Å². The summed E-state index contributed by atoms with van der Waals surface area (Å²) >= 11 is 0.